The molecular weight excluding hydrogens is 326 g/mol. The molecule has 3 rings (SSSR count). The maximum absolute atomic E-state index is 10.6. The SMILES string of the molecule is OC(CNCc1ccc(Cl)s1)c1ccccc1-c1ccccc1. The lowest BCUT2D eigenvalue weighted by molar-refractivity contribution is 0.175. The molecule has 3 aromatic rings. The molecule has 0 amide bonds. The molecule has 0 radical (unpaired) electrons. The summed E-state index contributed by atoms with van der Waals surface area (Å²) >= 11 is 7.48. The van der Waals surface area contributed by atoms with Crippen molar-refractivity contribution in [2.24, 2.45) is 0 Å². The fraction of sp³-hybridized carbons (Fsp3) is 0.158. The summed E-state index contributed by atoms with van der Waals surface area (Å²) < 4.78 is 0.789. The minimum Gasteiger partial charge on any atom is -0.387 e. The molecule has 0 bridgehead atoms. The van der Waals surface area contributed by atoms with E-state index in [0.29, 0.717) is 13.1 Å². The first kappa shape index (κ1) is 16.2. The van der Waals surface area contributed by atoms with Gasteiger partial charge in [0.2, 0.25) is 0 Å². The van der Waals surface area contributed by atoms with Gasteiger partial charge in [-0.05, 0) is 28.8 Å². The molecule has 23 heavy (non-hydrogen) atoms. The van der Waals surface area contributed by atoms with Crippen molar-refractivity contribution in [1.29, 1.82) is 0 Å². The number of nitrogens with one attached hydrogen (secondary N) is 1. The number of hydrogen-bond donors (Lipinski definition) is 2. The van der Waals surface area contributed by atoms with Gasteiger partial charge in [0.1, 0.15) is 0 Å². The molecule has 1 unspecified atom stereocenters. The van der Waals surface area contributed by atoms with Crippen molar-refractivity contribution in [3.63, 3.8) is 0 Å². The van der Waals surface area contributed by atoms with E-state index in [4.69, 9.17) is 11.6 Å². The van der Waals surface area contributed by atoms with Gasteiger partial charge < -0.3 is 10.4 Å². The van der Waals surface area contributed by atoms with Gasteiger partial charge in [-0.15, -0.1) is 11.3 Å². The van der Waals surface area contributed by atoms with Crippen LogP contribution < -0.4 is 5.32 Å². The third-order valence-electron chi connectivity index (χ3n) is 3.67. The Balaban J connectivity index is 1.69. The summed E-state index contributed by atoms with van der Waals surface area (Å²) in [5.41, 5.74) is 3.13. The minimum absolute atomic E-state index is 0.499. The number of halogens is 1. The summed E-state index contributed by atoms with van der Waals surface area (Å²) in [6, 6.07) is 22.0. The van der Waals surface area contributed by atoms with Gasteiger partial charge in [0.15, 0.2) is 0 Å². The second-order valence-corrected chi connectivity index (χ2v) is 7.11. The van der Waals surface area contributed by atoms with Crippen LogP contribution in [-0.2, 0) is 6.54 Å². The van der Waals surface area contributed by atoms with Gasteiger partial charge in [0.25, 0.3) is 0 Å². The second-order valence-electron chi connectivity index (χ2n) is 5.31. The first-order valence-corrected chi connectivity index (χ1v) is 8.71. The highest BCUT2D eigenvalue weighted by atomic mass is 35.5. The van der Waals surface area contributed by atoms with Crippen molar-refractivity contribution < 1.29 is 5.11 Å². The Morgan fingerprint density at radius 1 is 0.957 bits per heavy atom. The molecule has 1 atom stereocenters. The van der Waals surface area contributed by atoms with E-state index in [-0.39, 0.29) is 0 Å². The lowest BCUT2D eigenvalue weighted by Crippen LogP contribution is -2.21. The third-order valence-corrected chi connectivity index (χ3v) is 4.90. The van der Waals surface area contributed by atoms with Crippen molar-refractivity contribution in [2.75, 3.05) is 6.54 Å². The predicted molar refractivity (Wildman–Crippen MR) is 97.9 cm³/mol. The molecule has 2 aromatic carbocycles. The van der Waals surface area contributed by atoms with Gasteiger partial charge >= 0.3 is 0 Å². The molecule has 1 aromatic heterocycles. The maximum atomic E-state index is 10.6. The summed E-state index contributed by atoms with van der Waals surface area (Å²) in [4.78, 5) is 1.17. The molecule has 2 nitrogen and oxygen atoms in total. The zero-order valence-electron chi connectivity index (χ0n) is 12.6. The lowest BCUT2D eigenvalue weighted by atomic mass is 9.96. The molecule has 118 valence electrons. The van der Waals surface area contributed by atoms with Crippen LogP contribution in [0.4, 0.5) is 0 Å². The van der Waals surface area contributed by atoms with E-state index in [1.54, 1.807) is 11.3 Å². The molecule has 0 spiro atoms. The monoisotopic (exact) mass is 343 g/mol. The highest BCUT2D eigenvalue weighted by Gasteiger charge is 2.13. The Labute approximate surface area is 145 Å². The zero-order valence-corrected chi connectivity index (χ0v) is 14.1. The number of aliphatic hydroxyl groups excluding tert-OH is 1. The van der Waals surface area contributed by atoms with Crippen LogP contribution in [0.15, 0.2) is 66.7 Å². The number of rotatable bonds is 6. The number of aliphatic hydroxyl groups is 1. The highest BCUT2D eigenvalue weighted by molar-refractivity contribution is 7.16. The summed E-state index contributed by atoms with van der Waals surface area (Å²) in [5, 5.41) is 13.9. The lowest BCUT2D eigenvalue weighted by Gasteiger charge is -2.16. The van der Waals surface area contributed by atoms with Crippen LogP contribution in [0.25, 0.3) is 11.1 Å². The van der Waals surface area contributed by atoms with Crippen LogP contribution >= 0.6 is 22.9 Å². The molecule has 4 heteroatoms. The summed E-state index contributed by atoms with van der Waals surface area (Å²) in [6.45, 7) is 1.21. The minimum atomic E-state index is -0.554. The topological polar surface area (TPSA) is 32.3 Å². The summed E-state index contributed by atoms with van der Waals surface area (Å²) in [5.74, 6) is 0. The van der Waals surface area contributed by atoms with E-state index in [9.17, 15) is 5.11 Å². The number of benzene rings is 2. The number of hydrogen-bond acceptors (Lipinski definition) is 3. The second kappa shape index (κ2) is 7.75. The van der Waals surface area contributed by atoms with Crippen LogP contribution in [0.2, 0.25) is 4.34 Å². The quantitative estimate of drug-likeness (QED) is 0.667. The maximum Gasteiger partial charge on any atom is 0.0931 e. The molecule has 0 aliphatic heterocycles. The third kappa shape index (κ3) is 4.21. The van der Waals surface area contributed by atoms with Crippen LogP contribution in [0.3, 0.4) is 0 Å². The highest BCUT2D eigenvalue weighted by Crippen LogP contribution is 2.28. The van der Waals surface area contributed by atoms with Crippen molar-refractivity contribution in [2.45, 2.75) is 12.6 Å². The summed E-state index contributed by atoms with van der Waals surface area (Å²) in [6.07, 6.45) is -0.554. The van der Waals surface area contributed by atoms with Crippen molar-refractivity contribution in [3.05, 3.63) is 81.5 Å². The van der Waals surface area contributed by atoms with E-state index >= 15 is 0 Å². The standard InChI is InChI=1S/C19H18ClNOS/c20-19-11-10-15(23-19)12-21-13-18(22)17-9-5-4-8-16(17)14-6-2-1-3-7-14/h1-11,18,21-22H,12-13H2. The Bertz CT molecular complexity index is 757. The van der Waals surface area contributed by atoms with Gasteiger partial charge in [-0.2, -0.15) is 0 Å². The summed E-state index contributed by atoms with van der Waals surface area (Å²) in [7, 11) is 0. The van der Waals surface area contributed by atoms with Gasteiger partial charge in [0, 0.05) is 18.0 Å². The fourth-order valence-electron chi connectivity index (χ4n) is 2.56. The van der Waals surface area contributed by atoms with E-state index in [2.05, 4.69) is 17.4 Å². The van der Waals surface area contributed by atoms with E-state index in [0.717, 1.165) is 21.0 Å². The Kier molecular flexibility index (Phi) is 5.47. The number of thiophene rings is 1. The Morgan fingerprint density at radius 2 is 1.70 bits per heavy atom. The fourth-order valence-corrected chi connectivity index (χ4v) is 3.61. The molecule has 0 aliphatic carbocycles. The molecule has 1 heterocycles. The zero-order chi connectivity index (χ0) is 16.1. The van der Waals surface area contributed by atoms with Gasteiger partial charge in [-0.1, -0.05) is 66.2 Å². The molecule has 0 saturated heterocycles. The molecule has 0 fully saturated rings. The van der Waals surface area contributed by atoms with Crippen molar-refractivity contribution >= 4 is 22.9 Å². The Hall–Kier alpha value is -1.65. The van der Waals surface area contributed by atoms with Crippen LogP contribution in [0, 0.1) is 0 Å². The first-order valence-electron chi connectivity index (χ1n) is 7.51. The smallest absolute Gasteiger partial charge is 0.0931 e. The van der Waals surface area contributed by atoms with Gasteiger partial charge in [0.05, 0.1) is 10.4 Å². The average molecular weight is 344 g/mol. The molecular formula is C19H18ClNOS. The largest absolute Gasteiger partial charge is 0.387 e. The predicted octanol–water partition coefficient (Wildman–Crippen LogP) is 4.89. The molecule has 0 saturated carbocycles. The van der Waals surface area contributed by atoms with Gasteiger partial charge in [-0.3, -0.25) is 0 Å². The average Bonchev–Trinajstić information content (AvgIpc) is 3.01. The van der Waals surface area contributed by atoms with Crippen LogP contribution in [-0.4, -0.2) is 11.7 Å². The normalized spacial score (nSPS) is 12.3. The Morgan fingerprint density at radius 3 is 2.43 bits per heavy atom. The van der Waals surface area contributed by atoms with Crippen LogP contribution in [0.5, 0.6) is 0 Å². The van der Waals surface area contributed by atoms with E-state index < -0.39 is 6.10 Å². The molecule has 0 aliphatic rings. The van der Waals surface area contributed by atoms with Crippen LogP contribution in [0.1, 0.15) is 16.5 Å². The van der Waals surface area contributed by atoms with Crippen molar-refractivity contribution in [3.8, 4) is 11.1 Å². The van der Waals surface area contributed by atoms with Crippen molar-refractivity contribution in [1.82, 2.24) is 5.32 Å². The van der Waals surface area contributed by atoms with E-state index in [1.807, 2.05) is 54.6 Å². The first-order chi connectivity index (χ1) is 11.2. The van der Waals surface area contributed by atoms with E-state index in [1.165, 1.54) is 4.88 Å². The molecule has 2 N–H and O–H groups in total. The van der Waals surface area contributed by atoms with Gasteiger partial charge in [-0.25, -0.2) is 0 Å².